The molecule has 8 heteroatoms. The van der Waals surface area contributed by atoms with E-state index < -0.39 is 23.1 Å². The molecule has 2 aromatic rings. The van der Waals surface area contributed by atoms with Crippen LogP contribution in [0, 0.1) is 11.6 Å². The molecule has 3 rings (SSSR count). The zero-order valence-corrected chi connectivity index (χ0v) is 16.3. The van der Waals surface area contributed by atoms with Crippen LogP contribution in [0.4, 0.5) is 14.6 Å². The van der Waals surface area contributed by atoms with E-state index in [4.69, 9.17) is 4.84 Å². The van der Waals surface area contributed by atoms with E-state index >= 15 is 0 Å². The molecule has 0 bridgehead atoms. The van der Waals surface area contributed by atoms with Crippen molar-refractivity contribution < 1.29 is 18.4 Å². The van der Waals surface area contributed by atoms with Crippen molar-refractivity contribution in [3.63, 3.8) is 0 Å². The van der Waals surface area contributed by atoms with E-state index in [1.54, 1.807) is 18.5 Å². The predicted octanol–water partition coefficient (Wildman–Crippen LogP) is 5.01. The summed E-state index contributed by atoms with van der Waals surface area (Å²) in [6.07, 6.45) is 11.0. The van der Waals surface area contributed by atoms with Gasteiger partial charge in [-0.1, -0.05) is 24.2 Å². The molecule has 2 heterocycles. The maximum absolute atomic E-state index is 13.7. The number of anilines is 1. The van der Waals surface area contributed by atoms with E-state index in [0.29, 0.717) is 23.5 Å². The van der Waals surface area contributed by atoms with Gasteiger partial charge in [0, 0.05) is 18.0 Å². The Balaban J connectivity index is 1.70. The second kappa shape index (κ2) is 10.2. The molecule has 0 radical (unpaired) electrons. The van der Waals surface area contributed by atoms with Crippen molar-refractivity contribution in [3.8, 4) is 0 Å². The number of carbonyl (C=O) groups is 1. The van der Waals surface area contributed by atoms with E-state index in [0.717, 1.165) is 25.0 Å². The van der Waals surface area contributed by atoms with Gasteiger partial charge in [0.25, 0.3) is 5.91 Å². The molecular weight excluding hydrogens is 390 g/mol. The highest BCUT2D eigenvalue weighted by Crippen LogP contribution is 2.15. The van der Waals surface area contributed by atoms with Crippen LogP contribution in [0.5, 0.6) is 0 Å². The number of benzene rings is 1. The summed E-state index contributed by atoms with van der Waals surface area (Å²) >= 11 is 0. The minimum atomic E-state index is -0.941. The molecule has 0 atom stereocenters. The van der Waals surface area contributed by atoms with Crippen LogP contribution >= 0.6 is 0 Å². The molecule has 154 valence electrons. The summed E-state index contributed by atoms with van der Waals surface area (Å²) in [7, 11) is 0. The lowest BCUT2D eigenvalue weighted by atomic mass is 10.1. The second-order valence-electron chi connectivity index (χ2n) is 6.31. The third-order valence-electron chi connectivity index (χ3n) is 4.20. The molecule has 1 amide bonds. The molecule has 1 aromatic heterocycles. The first-order valence-electron chi connectivity index (χ1n) is 9.42. The predicted molar refractivity (Wildman–Crippen MR) is 111 cm³/mol. The van der Waals surface area contributed by atoms with Crippen molar-refractivity contribution >= 4 is 23.7 Å². The summed E-state index contributed by atoms with van der Waals surface area (Å²) in [4.78, 5) is 25.9. The van der Waals surface area contributed by atoms with E-state index in [-0.39, 0.29) is 5.82 Å². The fraction of sp³-hybridized carbons (Fsp3) is 0.182. The molecule has 0 saturated carbocycles. The summed E-state index contributed by atoms with van der Waals surface area (Å²) in [6, 6.07) is 6.45. The Hall–Kier alpha value is -3.68. The van der Waals surface area contributed by atoms with Gasteiger partial charge < -0.3 is 10.2 Å². The van der Waals surface area contributed by atoms with E-state index in [2.05, 4.69) is 20.4 Å². The quantitative estimate of drug-likeness (QED) is 0.538. The largest absolute Gasteiger partial charge is 0.355 e. The van der Waals surface area contributed by atoms with Crippen LogP contribution in [0.25, 0.3) is 0 Å². The molecule has 1 aliphatic rings. The van der Waals surface area contributed by atoms with Crippen LogP contribution in [0.2, 0.25) is 0 Å². The lowest BCUT2D eigenvalue weighted by Crippen LogP contribution is -2.16. The molecule has 1 N–H and O–H groups in total. The van der Waals surface area contributed by atoms with Gasteiger partial charge in [0.1, 0.15) is 23.0 Å². The molecule has 0 unspecified atom stereocenters. The minimum Gasteiger partial charge on any atom is -0.355 e. The number of aromatic nitrogens is 1. The van der Waals surface area contributed by atoms with Gasteiger partial charge in [-0.25, -0.2) is 13.8 Å². The van der Waals surface area contributed by atoms with E-state index in [1.807, 2.05) is 19.1 Å². The van der Waals surface area contributed by atoms with Crippen LogP contribution in [-0.2, 0) is 4.84 Å². The number of halogens is 2. The minimum absolute atomic E-state index is 0.157. The fourth-order valence-corrected chi connectivity index (χ4v) is 2.65. The zero-order valence-electron chi connectivity index (χ0n) is 16.3. The standard InChI is InChI=1S/C22H20F2N4O2/c1-2-19(28-30-16-7-4-3-5-12-25-14-16)15-10-11-20(26-13-15)27-22(29)21-17(23)8-6-9-18(21)24/h5-14H,2-4H2,1H3,(H,26,27,29). The summed E-state index contributed by atoms with van der Waals surface area (Å²) in [5.41, 5.74) is 0.680. The van der Waals surface area contributed by atoms with Crippen molar-refractivity contribution in [2.24, 2.45) is 10.1 Å². The van der Waals surface area contributed by atoms with Crippen molar-refractivity contribution in [3.05, 3.63) is 83.4 Å². The molecule has 6 nitrogen and oxygen atoms in total. The number of aliphatic imine (C=N–C) groups is 1. The first-order valence-corrected chi connectivity index (χ1v) is 9.42. The average molecular weight is 410 g/mol. The van der Waals surface area contributed by atoms with Gasteiger partial charge in [-0.05, 0) is 49.6 Å². The number of nitrogens with zero attached hydrogens (tertiary/aromatic N) is 3. The monoisotopic (exact) mass is 410 g/mol. The summed E-state index contributed by atoms with van der Waals surface area (Å²) in [5.74, 6) is -2.09. The van der Waals surface area contributed by atoms with Crippen molar-refractivity contribution in [2.75, 3.05) is 5.32 Å². The van der Waals surface area contributed by atoms with Crippen LogP contribution in [-0.4, -0.2) is 22.8 Å². The number of oxime groups is 1. The Bertz CT molecular complexity index is 1010. The number of pyridine rings is 1. The third-order valence-corrected chi connectivity index (χ3v) is 4.20. The van der Waals surface area contributed by atoms with Gasteiger partial charge in [-0.3, -0.25) is 9.79 Å². The van der Waals surface area contributed by atoms with Gasteiger partial charge in [-0.15, -0.1) is 0 Å². The number of rotatable bonds is 6. The van der Waals surface area contributed by atoms with Crippen molar-refractivity contribution in [1.29, 1.82) is 0 Å². The smallest absolute Gasteiger partial charge is 0.262 e. The van der Waals surface area contributed by atoms with Gasteiger partial charge >= 0.3 is 0 Å². The van der Waals surface area contributed by atoms with E-state index in [9.17, 15) is 13.6 Å². The van der Waals surface area contributed by atoms with E-state index in [1.165, 1.54) is 18.3 Å². The molecule has 1 aliphatic heterocycles. The highest BCUT2D eigenvalue weighted by atomic mass is 19.1. The number of carbonyl (C=O) groups excluding carboxylic acids is 1. The molecule has 1 aromatic carbocycles. The maximum atomic E-state index is 13.7. The number of nitrogens with one attached hydrogen (secondary N) is 1. The SMILES string of the molecule is CCC(=NOC1=CCCC=CN=C1)c1ccc(NC(=O)c2c(F)cccc2F)nc1. The number of allylic oxidation sites excluding steroid dienone is 3. The number of amides is 1. The first kappa shape index (κ1) is 21.0. The lowest BCUT2D eigenvalue weighted by molar-refractivity contribution is 0.101. The number of hydrogen-bond donors (Lipinski definition) is 1. The Morgan fingerprint density at radius 3 is 2.70 bits per heavy atom. The number of hydrogen-bond acceptors (Lipinski definition) is 5. The second-order valence-corrected chi connectivity index (χ2v) is 6.31. The summed E-state index contributed by atoms with van der Waals surface area (Å²) in [6.45, 7) is 1.92. The molecule has 0 saturated heterocycles. The Labute approximate surface area is 172 Å². The van der Waals surface area contributed by atoms with Gasteiger partial charge in [0.05, 0.1) is 11.9 Å². The third kappa shape index (κ3) is 5.44. The molecule has 30 heavy (non-hydrogen) atoms. The van der Waals surface area contributed by atoms with Gasteiger partial charge in [-0.2, -0.15) is 0 Å². The Kier molecular flexibility index (Phi) is 7.15. The molecule has 0 aliphatic carbocycles. The van der Waals surface area contributed by atoms with Crippen LogP contribution in [0.1, 0.15) is 42.1 Å². The van der Waals surface area contributed by atoms with Crippen LogP contribution in [0.15, 0.2) is 70.8 Å². The lowest BCUT2D eigenvalue weighted by Gasteiger charge is -2.08. The zero-order chi connectivity index (χ0) is 21.3. The summed E-state index contributed by atoms with van der Waals surface area (Å²) in [5, 5.41) is 6.56. The van der Waals surface area contributed by atoms with Crippen LogP contribution in [0.3, 0.4) is 0 Å². The highest BCUT2D eigenvalue weighted by molar-refractivity contribution is 6.04. The van der Waals surface area contributed by atoms with Crippen LogP contribution < -0.4 is 5.32 Å². The Morgan fingerprint density at radius 1 is 1.20 bits per heavy atom. The summed E-state index contributed by atoms with van der Waals surface area (Å²) < 4.78 is 27.5. The average Bonchev–Trinajstić information content (AvgIpc) is 2.70. The van der Waals surface area contributed by atoms with Crippen molar-refractivity contribution in [1.82, 2.24) is 4.98 Å². The topological polar surface area (TPSA) is 75.9 Å². The molecular formula is C22H20F2N4O2. The van der Waals surface area contributed by atoms with Gasteiger partial charge in [0.15, 0.2) is 5.76 Å². The first-order chi connectivity index (χ1) is 14.6. The molecule has 0 spiro atoms. The molecule has 0 fully saturated rings. The van der Waals surface area contributed by atoms with Gasteiger partial charge in [0.2, 0.25) is 0 Å². The Morgan fingerprint density at radius 2 is 2.00 bits per heavy atom. The van der Waals surface area contributed by atoms with Crippen molar-refractivity contribution in [2.45, 2.75) is 26.2 Å². The normalized spacial score (nSPS) is 14.0. The fourth-order valence-electron chi connectivity index (χ4n) is 2.65. The highest BCUT2D eigenvalue weighted by Gasteiger charge is 2.17. The maximum Gasteiger partial charge on any atom is 0.262 e.